The Labute approximate surface area is 115 Å². The fraction of sp³-hybridized carbons (Fsp3) is 0.538. The molecule has 0 bridgehead atoms. The van der Waals surface area contributed by atoms with Crippen LogP contribution in [0.25, 0.3) is 0 Å². The lowest BCUT2D eigenvalue weighted by Crippen LogP contribution is -2.26. The third kappa shape index (κ3) is 2.69. The Kier molecular flexibility index (Phi) is 3.73. The summed E-state index contributed by atoms with van der Waals surface area (Å²) in [5, 5.41) is 0. The van der Waals surface area contributed by atoms with E-state index in [1.807, 2.05) is 6.07 Å². The van der Waals surface area contributed by atoms with Crippen molar-refractivity contribution in [3.05, 3.63) is 18.2 Å². The van der Waals surface area contributed by atoms with Crippen molar-refractivity contribution in [1.29, 1.82) is 0 Å². The molecule has 5 nitrogen and oxygen atoms in total. The van der Waals surface area contributed by atoms with Crippen molar-refractivity contribution >= 4 is 21.4 Å². The molecule has 6 heteroatoms. The lowest BCUT2D eigenvalue weighted by atomic mass is 10.2. The third-order valence-electron chi connectivity index (χ3n) is 3.42. The molecular weight excluding hydrogens is 262 g/mol. The van der Waals surface area contributed by atoms with Crippen molar-refractivity contribution in [2.75, 3.05) is 31.3 Å². The highest BCUT2D eigenvalue weighted by molar-refractivity contribution is 7.89. The second kappa shape index (κ2) is 5.02. The van der Waals surface area contributed by atoms with Gasteiger partial charge >= 0.3 is 0 Å². The topological polar surface area (TPSA) is 66.6 Å². The first-order chi connectivity index (χ1) is 8.87. The fourth-order valence-corrected chi connectivity index (χ4v) is 3.11. The molecule has 19 heavy (non-hydrogen) atoms. The van der Waals surface area contributed by atoms with Crippen molar-refractivity contribution in [2.24, 2.45) is 0 Å². The highest BCUT2D eigenvalue weighted by Crippen LogP contribution is 2.35. The molecule has 1 aliphatic rings. The van der Waals surface area contributed by atoms with Crippen molar-refractivity contribution < 1.29 is 8.42 Å². The van der Waals surface area contributed by atoms with E-state index in [0.717, 1.165) is 12.2 Å². The van der Waals surface area contributed by atoms with Crippen LogP contribution in [-0.2, 0) is 10.0 Å². The number of rotatable bonds is 5. The molecule has 1 aliphatic carbocycles. The van der Waals surface area contributed by atoms with Crippen LogP contribution >= 0.6 is 0 Å². The van der Waals surface area contributed by atoms with Gasteiger partial charge in [-0.25, -0.2) is 12.7 Å². The first kappa shape index (κ1) is 14.1. The number of benzene rings is 1. The smallest absolute Gasteiger partial charge is 0.242 e. The highest BCUT2D eigenvalue weighted by Gasteiger charge is 2.29. The van der Waals surface area contributed by atoms with Crippen LogP contribution in [-0.4, -0.2) is 39.4 Å². The van der Waals surface area contributed by atoms with E-state index in [0.29, 0.717) is 11.7 Å². The molecule has 2 rings (SSSR count). The first-order valence-corrected chi connectivity index (χ1v) is 7.90. The number of anilines is 2. The summed E-state index contributed by atoms with van der Waals surface area (Å²) in [6.07, 6.45) is 2.37. The summed E-state index contributed by atoms with van der Waals surface area (Å²) in [7, 11) is -0.387. The quantitative estimate of drug-likeness (QED) is 0.832. The molecule has 0 aliphatic heterocycles. The van der Waals surface area contributed by atoms with E-state index in [1.165, 1.54) is 31.2 Å². The minimum Gasteiger partial charge on any atom is -0.397 e. The monoisotopic (exact) mass is 283 g/mol. The molecule has 1 fully saturated rings. The molecule has 0 unspecified atom stereocenters. The molecule has 0 spiro atoms. The molecule has 0 atom stereocenters. The average molecular weight is 283 g/mol. The van der Waals surface area contributed by atoms with Crippen LogP contribution in [0.2, 0.25) is 0 Å². The van der Waals surface area contributed by atoms with Gasteiger partial charge in [0.15, 0.2) is 0 Å². The normalized spacial score (nSPS) is 15.8. The number of hydrogen-bond donors (Lipinski definition) is 1. The van der Waals surface area contributed by atoms with E-state index < -0.39 is 10.0 Å². The van der Waals surface area contributed by atoms with E-state index in [1.54, 1.807) is 12.1 Å². The summed E-state index contributed by atoms with van der Waals surface area (Å²) in [6.45, 7) is 2.97. The van der Waals surface area contributed by atoms with Crippen LogP contribution in [0.4, 0.5) is 11.4 Å². The Morgan fingerprint density at radius 3 is 2.37 bits per heavy atom. The molecular formula is C13H21N3O2S. The van der Waals surface area contributed by atoms with E-state index in [-0.39, 0.29) is 4.90 Å². The standard InChI is InChI=1S/C13H21N3O2S/c1-4-16(10-5-6-10)13-8-7-11(9-12(13)14)19(17,18)15(2)3/h7-10H,4-6,14H2,1-3H3. The minimum absolute atomic E-state index is 0.241. The van der Waals surface area contributed by atoms with Crippen LogP contribution in [0.5, 0.6) is 0 Å². The van der Waals surface area contributed by atoms with E-state index in [4.69, 9.17) is 5.73 Å². The lowest BCUT2D eigenvalue weighted by molar-refractivity contribution is 0.521. The predicted molar refractivity (Wildman–Crippen MR) is 77.8 cm³/mol. The summed E-state index contributed by atoms with van der Waals surface area (Å²) < 4.78 is 25.3. The van der Waals surface area contributed by atoms with Gasteiger partial charge < -0.3 is 10.6 Å². The number of sulfonamides is 1. The zero-order chi connectivity index (χ0) is 14.2. The molecule has 2 N–H and O–H groups in total. The van der Waals surface area contributed by atoms with Gasteiger partial charge in [0, 0.05) is 26.7 Å². The number of hydrogen-bond acceptors (Lipinski definition) is 4. The molecule has 106 valence electrons. The molecule has 1 aromatic carbocycles. The zero-order valence-corrected chi connectivity index (χ0v) is 12.4. The maximum absolute atomic E-state index is 12.0. The summed E-state index contributed by atoms with van der Waals surface area (Å²) in [5.41, 5.74) is 7.49. The van der Waals surface area contributed by atoms with Crippen LogP contribution < -0.4 is 10.6 Å². The second-order valence-electron chi connectivity index (χ2n) is 5.03. The Hall–Kier alpha value is -1.27. The SMILES string of the molecule is CCN(c1ccc(S(=O)(=O)N(C)C)cc1N)C1CC1. The molecule has 0 amide bonds. The van der Waals surface area contributed by atoms with Crippen LogP contribution in [0.1, 0.15) is 19.8 Å². The maximum Gasteiger partial charge on any atom is 0.242 e. The summed E-state index contributed by atoms with van der Waals surface area (Å²) in [6, 6.07) is 5.55. The molecule has 1 aromatic rings. The average Bonchev–Trinajstić information content (AvgIpc) is 3.16. The van der Waals surface area contributed by atoms with Crippen molar-refractivity contribution in [3.63, 3.8) is 0 Å². The third-order valence-corrected chi connectivity index (χ3v) is 5.23. The van der Waals surface area contributed by atoms with E-state index in [2.05, 4.69) is 11.8 Å². The largest absolute Gasteiger partial charge is 0.397 e. The van der Waals surface area contributed by atoms with Gasteiger partial charge in [-0.05, 0) is 38.0 Å². The minimum atomic E-state index is -3.42. The van der Waals surface area contributed by atoms with Crippen LogP contribution in [0, 0.1) is 0 Å². The van der Waals surface area contributed by atoms with Crippen molar-refractivity contribution in [1.82, 2.24) is 4.31 Å². The number of nitrogens with zero attached hydrogens (tertiary/aromatic N) is 2. The zero-order valence-electron chi connectivity index (χ0n) is 11.6. The molecule has 1 saturated carbocycles. The molecule has 0 aromatic heterocycles. The summed E-state index contributed by atoms with van der Waals surface area (Å²) in [5.74, 6) is 0. The maximum atomic E-state index is 12.0. The Morgan fingerprint density at radius 1 is 1.32 bits per heavy atom. The van der Waals surface area contributed by atoms with E-state index >= 15 is 0 Å². The highest BCUT2D eigenvalue weighted by atomic mass is 32.2. The molecule has 0 heterocycles. The predicted octanol–water partition coefficient (Wildman–Crippen LogP) is 1.51. The van der Waals surface area contributed by atoms with Gasteiger partial charge in [-0.1, -0.05) is 0 Å². The van der Waals surface area contributed by atoms with Gasteiger partial charge in [0.1, 0.15) is 0 Å². The fourth-order valence-electron chi connectivity index (χ4n) is 2.18. The van der Waals surface area contributed by atoms with Crippen LogP contribution in [0.3, 0.4) is 0 Å². The Morgan fingerprint density at radius 2 is 1.95 bits per heavy atom. The van der Waals surface area contributed by atoms with Crippen molar-refractivity contribution in [2.45, 2.75) is 30.7 Å². The van der Waals surface area contributed by atoms with Gasteiger partial charge in [-0.3, -0.25) is 0 Å². The molecule has 0 radical (unpaired) electrons. The summed E-state index contributed by atoms with van der Waals surface area (Å²) >= 11 is 0. The van der Waals surface area contributed by atoms with Gasteiger partial charge in [-0.2, -0.15) is 0 Å². The lowest BCUT2D eigenvalue weighted by Gasteiger charge is -2.25. The van der Waals surface area contributed by atoms with Gasteiger partial charge in [0.25, 0.3) is 0 Å². The first-order valence-electron chi connectivity index (χ1n) is 6.46. The number of nitrogens with two attached hydrogens (primary N) is 1. The van der Waals surface area contributed by atoms with Gasteiger partial charge in [0.2, 0.25) is 10.0 Å². The number of nitrogen functional groups attached to an aromatic ring is 1. The summed E-state index contributed by atoms with van der Waals surface area (Å²) in [4.78, 5) is 2.48. The van der Waals surface area contributed by atoms with Gasteiger partial charge in [0.05, 0.1) is 16.3 Å². The Balaban J connectivity index is 2.37. The van der Waals surface area contributed by atoms with Crippen molar-refractivity contribution in [3.8, 4) is 0 Å². The van der Waals surface area contributed by atoms with Crippen LogP contribution in [0.15, 0.2) is 23.1 Å². The second-order valence-corrected chi connectivity index (χ2v) is 7.18. The van der Waals surface area contributed by atoms with E-state index in [9.17, 15) is 8.42 Å². The molecule has 0 saturated heterocycles. The Bertz CT molecular complexity index is 565. The van der Waals surface area contributed by atoms with Gasteiger partial charge in [-0.15, -0.1) is 0 Å².